The van der Waals surface area contributed by atoms with E-state index >= 15 is 0 Å². The van der Waals surface area contributed by atoms with Gasteiger partial charge in [-0.05, 0) is 25.3 Å². The maximum absolute atomic E-state index is 11.5. The zero-order valence-corrected chi connectivity index (χ0v) is 14.9. The van der Waals surface area contributed by atoms with E-state index in [0.717, 1.165) is 48.7 Å². The summed E-state index contributed by atoms with van der Waals surface area (Å²) in [7, 11) is -2.89. The second-order valence-electron chi connectivity index (χ2n) is 6.33. The Morgan fingerprint density at radius 1 is 1.30 bits per heavy atom. The third-order valence-electron chi connectivity index (χ3n) is 4.12. The molecule has 3 rings (SSSR count). The first-order chi connectivity index (χ1) is 11.0. The average Bonchev–Trinajstić information content (AvgIpc) is 2.95. The number of hydrogen-bond donors (Lipinski definition) is 0. The van der Waals surface area contributed by atoms with Crippen molar-refractivity contribution in [2.24, 2.45) is 5.92 Å². The predicted octanol–water partition coefficient (Wildman–Crippen LogP) is 3.07. The lowest BCUT2D eigenvalue weighted by atomic mass is 10.0. The van der Waals surface area contributed by atoms with Crippen LogP contribution in [-0.2, 0) is 16.4 Å². The van der Waals surface area contributed by atoms with Crippen molar-refractivity contribution < 1.29 is 8.42 Å². The van der Waals surface area contributed by atoms with Gasteiger partial charge < -0.3 is 0 Å². The number of benzene rings is 1. The van der Waals surface area contributed by atoms with Crippen LogP contribution in [0.25, 0.3) is 11.3 Å². The number of sulfone groups is 1. The molecule has 1 atom stereocenters. The number of hydrogen-bond acceptors (Lipinski definition) is 5. The number of aromatic nitrogens is 1. The minimum Gasteiger partial charge on any atom is -0.296 e. The van der Waals surface area contributed by atoms with Gasteiger partial charge in [-0.15, -0.1) is 11.3 Å². The lowest BCUT2D eigenvalue weighted by molar-refractivity contribution is 0.177. The van der Waals surface area contributed by atoms with Crippen LogP contribution in [0.4, 0.5) is 0 Å². The van der Waals surface area contributed by atoms with Crippen molar-refractivity contribution in [2.45, 2.75) is 19.4 Å². The van der Waals surface area contributed by atoms with E-state index < -0.39 is 9.84 Å². The highest BCUT2D eigenvalue weighted by molar-refractivity contribution is 7.90. The summed E-state index contributed by atoms with van der Waals surface area (Å²) < 4.78 is 23.0. The predicted molar refractivity (Wildman–Crippen MR) is 95.3 cm³/mol. The lowest BCUT2D eigenvalue weighted by Crippen LogP contribution is -2.37. The Morgan fingerprint density at radius 3 is 2.83 bits per heavy atom. The minimum atomic E-state index is -2.89. The Kier molecular flexibility index (Phi) is 5.14. The van der Waals surface area contributed by atoms with Crippen molar-refractivity contribution in [1.82, 2.24) is 9.88 Å². The molecule has 1 aliphatic rings. The molecule has 1 aromatic carbocycles. The molecule has 4 nitrogen and oxygen atoms in total. The number of thiazole rings is 1. The number of rotatable bonds is 5. The fraction of sp³-hybridized carbons (Fsp3) is 0.471. The van der Waals surface area contributed by atoms with Crippen LogP contribution in [0, 0.1) is 5.92 Å². The van der Waals surface area contributed by atoms with Crippen LogP contribution in [-0.4, -0.2) is 43.4 Å². The van der Waals surface area contributed by atoms with Gasteiger partial charge in [-0.2, -0.15) is 0 Å². The minimum absolute atomic E-state index is 0.257. The normalized spacial score (nSPS) is 19.8. The van der Waals surface area contributed by atoms with E-state index in [1.165, 1.54) is 6.26 Å². The van der Waals surface area contributed by atoms with Crippen molar-refractivity contribution in [3.8, 4) is 11.3 Å². The van der Waals surface area contributed by atoms with Crippen LogP contribution in [0.15, 0.2) is 35.7 Å². The summed E-state index contributed by atoms with van der Waals surface area (Å²) >= 11 is 1.68. The van der Waals surface area contributed by atoms with Gasteiger partial charge in [0.15, 0.2) is 0 Å². The fourth-order valence-electron chi connectivity index (χ4n) is 3.18. The molecule has 1 aromatic heterocycles. The first-order valence-corrected chi connectivity index (χ1v) is 10.8. The number of nitrogens with zero attached hydrogens (tertiary/aromatic N) is 2. The Balaban J connectivity index is 1.62. The van der Waals surface area contributed by atoms with Crippen LogP contribution in [0.2, 0.25) is 0 Å². The number of likely N-dealkylation sites (tertiary alicyclic amines) is 1. The summed E-state index contributed by atoms with van der Waals surface area (Å²) in [6.07, 6.45) is 3.41. The second-order valence-corrected chi connectivity index (χ2v) is 9.46. The molecule has 6 heteroatoms. The molecular formula is C17H22N2O2S2. The van der Waals surface area contributed by atoms with Crippen molar-refractivity contribution in [3.05, 3.63) is 40.7 Å². The Labute approximate surface area is 142 Å². The summed E-state index contributed by atoms with van der Waals surface area (Å²) in [5.41, 5.74) is 2.17. The van der Waals surface area contributed by atoms with E-state index in [1.807, 2.05) is 18.2 Å². The van der Waals surface area contributed by atoms with Crippen molar-refractivity contribution in [2.75, 3.05) is 25.1 Å². The van der Waals surface area contributed by atoms with Crippen LogP contribution in [0.1, 0.15) is 17.8 Å². The van der Waals surface area contributed by atoms with Gasteiger partial charge in [0, 0.05) is 23.7 Å². The summed E-state index contributed by atoms with van der Waals surface area (Å²) in [5.74, 6) is 0.559. The lowest BCUT2D eigenvalue weighted by Gasteiger charge is -2.31. The molecule has 2 aromatic rings. The van der Waals surface area contributed by atoms with E-state index in [1.54, 1.807) is 11.3 Å². The van der Waals surface area contributed by atoms with Crippen molar-refractivity contribution >= 4 is 21.2 Å². The maximum Gasteiger partial charge on any atom is 0.147 e. The molecule has 1 fully saturated rings. The maximum atomic E-state index is 11.5. The van der Waals surface area contributed by atoms with Crippen LogP contribution >= 0.6 is 11.3 Å². The van der Waals surface area contributed by atoms with Gasteiger partial charge in [0.05, 0.1) is 18.0 Å². The zero-order chi connectivity index (χ0) is 16.3. The molecule has 23 heavy (non-hydrogen) atoms. The molecule has 0 aliphatic carbocycles. The molecule has 0 unspecified atom stereocenters. The van der Waals surface area contributed by atoms with Crippen LogP contribution in [0.5, 0.6) is 0 Å². The first kappa shape index (κ1) is 16.6. The highest BCUT2D eigenvalue weighted by Gasteiger charge is 2.23. The van der Waals surface area contributed by atoms with Crippen LogP contribution in [0.3, 0.4) is 0 Å². The van der Waals surface area contributed by atoms with E-state index in [2.05, 4.69) is 22.4 Å². The standard InChI is InChI=1S/C17H22N2O2S2/c1-23(20,21)13-14-6-5-9-19(10-14)11-17-18-16(12-22-17)15-7-3-2-4-8-15/h2-4,7-8,12,14H,5-6,9-11,13H2,1H3/t14-/m1/s1. The van der Waals surface area contributed by atoms with Crippen LogP contribution < -0.4 is 0 Å². The smallest absolute Gasteiger partial charge is 0.147 e. The van der Waals surface area contributed by atoms with Crippen molar-refractivity contribution in [1.29, 1.82) is 0 Å². The molecule has 2 heterocycles. The molecule has 0 spiro atoms. The third-order valence-corrected chi connectivity index (χ3v) is 6.03. The van der Waals surface area contributed by atoms with Gasteiger partial charge in [0.1, 0.15) is 14.8 Å². The van der Waals surface area contributed by atoms with Gasteiger partial charge in [0.2, 0.25) is 0 Å². The van der Waals surface area contributed by atoms with E-state index in [0.29, 0.717) is 5.75 Å². The van der Waals surface area contributed by atoms with E-state index in [-0.39, 0.29) is 5.92 Å². The van der Waals surface area contributed by atoms with Gasteiger partial charge in [-0.25, -0.2) is 13.4 Å². The summed E-state index contributed by atoms with van der Waals surface area (Å²) in [6.45, 7) is 2.70. The molecule has 1 saturated heterocycles. The second kappa shape index (κ2) is 7.11. The molecule has 124 valence electrons. The Morgan fingerprint density at radius 2 is 2.09 bits per heavy atom. The molecule has 0 amide bonds. The first-order valence-electron chi connectivity index (χ1n) is 7.89. The van der Waals surface area contributed by atoms with Crippen molar-refractivity contribution in [3.63, 3.8) is 0 Å². The Hall–Kier alpha value is -1.24. The highest BCUT2D eigenvalue weighted by atomic mass is 32.2. The van der Waals surface area contributed by atoms with E-state index in [4.69, 9.17) is 4.98 Å². The third kappa shape index (κ3) is 4.86. The van der Waals surface area contributed by atoms with Gasteiger partial charge in [-0.1, -0.05) is 30.3 Å². The molecule has 0 bridgehead atoms. The van der Waals surface area contributed by atoms with Gasteiger partial charge in [0.25, 0.3) is 0 Å². The molecule has 0 N–H and O–H groups in total. The van der Waals surface area contributed by atoms with Gasteiger partial charge in [-0.3, -0.25) is 4.90 Å². The van der Waals surface area contributed by atoms with Gasteiger partial charge >= 0.3 is 0 Å². The summed E-state index contributed by atoms with van der Waals surface area (Å²) in [6, 6.07) is 10.2. The fourth-order valence-corrected chi connectivity index (χ4v) is 5.15. The molecule has 0 saturated carbocycles. The Bertz CT molecular complexity index is 741. The van der Waals surface area contributed by atoms with E-state index in [9.17, 15) is 8.42 Å². The monoisotopic (exact) mass is 350 g/mol. The molecule has 1 aliphatic heterocycles. The molecule has 0 radical (unpaired) electrons. The number of piperidine rings is 1. The largest absolute Gasteiger partial charge is 0.296 e. The SMILES string of the molecule is CS(=O)(=O)C[C@@H]1CCCN(Cc2nc(-c3ccccc3)cs2)C1. The average molecular weight is 351 g/mol. The summed E-state index contributed by atoms with van der Waals surface area (Å²) in [4.78, 5) is 7.07. The quantitative estimate of drug-likeness (QED) is 0.831. The summed E-state index contributed by atoms with van der Waals surface area (Å²) in [5, 5.41) is 3.20. The topological polar surface area (TPSA) is 50.3 Å². The zero-order valence-electron chi connectivity index (χ0n) is 13.3. The molecular weight excluding hydrogens is 328 g/mol. The highest BCUT2D eigenvalue weighted by Crippen LogP contribution is 2.24.